The average molecular weight is 289 g/mol. The minimum atomic E-state index is -0.229. The molecule has 21 heavy (non-hydrogen) atoms. The summed E-state index contributed by atoms with van der Waals surface area (Å²) < 4.78 is 23.4. The van der Waals surface area contributed by atoms with E-state index >= 15 is 0 Å². The smallest absolute Gasteiger partial charge is 0.160 e. The molecule has 2 rings (SSSR count). The van der Waals surface area contributed by atoms with Crippen LogP contribution in [-0.2, 0) is 6.42 Å². The van der Waals surface area contributed by atoms with E-state index in [0.717, 1.165) is 29.2 Å². The molecule has 0 fully saturated rings. The maximum absolute atomic E-state index is 12.9. The lowest BCUT2D eigenvalue weighted by Gasteiger charge is -2.16. The number of methoxy groups -OCH3 is 2. The monoisotopic (exact) mass is 289 g/mol. The van der Waals surface area contributed by atoms with Gasteiger partial charge in [-0.1, -0.05) is 6.07 Å². The van der Waals surface area contributed by atoms with Gasteiger partial charge in [0, 0.05) is 11.7 Å². The number of anilines is 1. The van der Waals surface area contributed by atoms with E-state index in [4.69, 9.17) is 9.47 Å². The lowest BCUT2D eigenvalue weighted by atomic mass is 10.1. The summed E-state index contributed by atoms with van der Waals surface area (Å²) in [6.45, 7) is 2.08. The zero-order chi connectivity index (χ0) is 15.2. The molecule has 1 unspecified atom stereocenters. The third-order valence-electron chi connectivity index (χ3n) is 3.25. The van der Waals surface area contributed by atoms with Gasteiger partial charge in [-0.2, -0.15) is 0 Å². The van der Waals surface area contributed by atoms with Crippen molar-refractivity contribution >= 4 is 5.69 Å². The first-order chi connectivity index (χ1) is 10.1. The maximum atomic E-state index is 12.9. The molecule has 0 radical (unpaired) electrons. The summed E-state index contributed by atoms with van der Waals surface area (Å²) in [6, 6.07) is 12.5. The molecular weight excluding hydrogens is 269 g/mol. The Morgan fingerprint density at radius 2 is 1.67 bits per heavy atom. The quantitative estimate of drug-likeness (QED) is 0.875. The summed E-state index contributed by atoms with van der Waals surface area (Å²) >= 11 is 0. The lowest BCUT2D eigenvalue weighted by Crippen LogP contribution is -2.18. The fraction of sp³-hybridized carbons (Fsp3) is 0.294. The molecule has 0 spiro atoms. The molecule has 0 saturated carbocycles. The van der Waals surface area contributed by atoms with Gasteiger partial charge in [0.2, 0.25) is 0 Å². The highest BCUT2D eigenvalue weighted by molar-refractivity contribution is 5.45. The van der Waals surface area contributed by atoms with Crippen molar-refractivity contribution in [1.82, 2.24) is 0 Å². The van der Waals surface area contributed by atoms with Crippen LogP contribution in [0.2, 0.25) is 0 Å². The van der Waals surface area contributed by atoms with Crippen LogP contribution in [0, 0.1) is 5.82 Å². The summed E-state index contributed by atoms with van der Waals surface area (Å²) in [5.74, 6) is 1.22. The van der Waals surface area contributed by atoms with E-state index in [2.05, 4.69) is 12.2 Å². The third kappa shape index (κ3) is 4.12. The summed E-state index contributed by atoms with van der Waals surface area (Å²) in [6.07, 6.45) is 0.831. The van der Waals surface area contributed by atoms with Crippen LogP contribution in [0.25, 0.3) is 0 Å². The minimum absolute atomic E-state index is 0.216. The standard InChI is InChI=1S/C17H20FNO2/c1-12(19-15-7-5-14(18)6-8-15)10-13-4-9-16(20-2)17(11-13)21-3/h4-9,11-12,19H,10H2,1-3H3. The average Bonchev–Trinajstić information content (AvgIpc) is 2.49. The molecule has 0 amide bonds. The summed E-state index contributed by atoms with van der Waals surface area (Å²) in [4.78, 5) is 0. The summed E-state index contributed by atoms with van der Waals surface area (Å²) in [7, 11) is 3.25. The Bertz CT molecular complexity index is 584. The van der Waals surface area contributed by atoms with Crippen molar-refractivity contribution in [2.75, 3.05) is 19.5 Å². The molecule has 112 valence electrons. The van der Waals surface area contributed by atoms with Crippen molar-refractivity contribution in [3.63, 3.8) is 0 Å². The van der Waals surface area contributed by atoms with Gasteiger partial charge in [-0.05, 0) is 55.3 Å². The molecule has 2 aromatic rings. The second-order valence-electron chi connectivity index (χ2n) is 4.95. The molecule has 0 heterocycles. The van der Waals surface area contributed by atoms with Crippen molar-refractivity contribution in [2.45, 2.75) is 19.4 Å². The van der Waals surface area contributed by atoms with Crippen LogP contribution >= 0.6 is 0 Å². The fourth-order valence-corrected chi connectivity index (χ4v) is 2.24. The molecule has 3 nitrogen and oxygen atoms in total. The van der Waals surface area contributed by atoms with E-state index in [0.29, 0.717) is 0 Å². The van der Waals surface area contributed by atoms with Crippen molar-refractivity contribution < 1.29 is 13.9 Å². The molecule has 0 aliphatic heterocycles. The van der Waals surface area contributed by atoms with Gasteiger partial charge in [-0.25, -0.2) is 4.39 Å². The number of benzene rings is 2. The Balaban J connectivity index is 2.02. The van der Waals surface area contributed by atoms with Crippen molar-refractivity contribution in [3.05, 3.63) is 53.8 Å². The largest absolute Gasteiger partial charge is 0.493 e. The van der Waals surface area contributed by atoms with Crippen LogP contribution < -0.4 is 14.8 Å². The lowest BCUT2D eigenvalue weighted by molar-refractivity contribution is 0.354. The van der Waals surface area contributed by atoms with Gasteiger partial charge >= 0.3 is 0 Å². The molecule has 1 N–H and O–H groups in total. The van der Waals surface area contributed by atoms with Crippen molar-refractivity contribution in [2.24, 2.45) is 0 Å². The van der Waals surface area contributed by atoms with Gasteiger partial charge < -0.3 is 14.8 Å². The molecule has 0 aliphatic carbocycles. The summed E-state index contributed by atoms with van der Waals surface area (Å²) in [5.41, 5.74) is 2.05. The highest BCUT2D eigenvalue weighted by Crippen LogP contribution is 2.28. The minimum Gasteiger partial charge on any atom is -0.493 e. The zero-order valence-corrected chi connectivity index (χ0v) is 12.5. The number of halogens is 1. The predicted molar refractivity (Wildman–Crippen MR) is 82.7 cm³/mol. The van der Waals surface area contributed by atoms with E-state index in [-0.39, 0.29) is 11.9 Å². The van der Waals surface area contributed by atoms with Gasteiger partial charge in [0.05, 0.1) is 14.2 Å². The van der Waals surface area contributed by atoms with Crippen LogP contribution in [0.4, 0.5) is 10.1 Å². The van der Waals surface area contributed by atoms with E-state index in [1.54, 1.807) is 26.4 Å². The molecule has 0 saturated heterocycles. The zero-order valence-electron chi connectivity index (χ0n) is 12.5. The second-order valence-corrected chi connectivity index (χ2v) is 4.95. The predicted octanol–water partition coefficient (Wildman–Crippen LogP) is 3.89. The molecule has 2 aromatic carbocycles. The van der Waals surface area contributed by atoms with Crippen LogP contribution in [0.3, 0.4) is 0 Å². The van der Waals surface area contributed by atoms with E-state index in [1.165, 1.54) is 12.1 Å². The van der Waals surface area contributed by atoms with Gasteiger partial charge in [-0.15, -0.1) is 0 Å². The maximum Gasteiger partial charge on any atom is 0.160 e. The van der Waals surface area contributed by atoms with Crippen LogP contribution in [0.1, 0.15) is 12.5 Å². The van der Waals surface area contributed by atoms with E-state index < -0.39 is 0 Å². The first kappa shape index (κ1) is 15.2. The second kappa shape index (κ2) is 6.97. The normalized spacial score (nSPS) is 11.8. The fourth-order valence-electron chi connectivity index (χ4n) is 2.24. The first-order valence-corrected chi connectivity index (χ1v) is 6.85. The topological polar surface area (TPSA) is 30.5 Å². The van der Waals surface area contributed by atoms with Crippen molar-refractivity contribution in [1.29, 1.82) is 0 Å². The number of nitrogens with one attached hydrogen (secondary N) is 1. The number of hydrogen-bond donors (Lipinski definition) is 1. The molecular formula is C17H20FNO2. The number of ether oxygens (including phenoxy) is 2. The van der Waals surface area contributed by atoms with Gasteiger partial charge in [0.15, 0.2) is 11.5 Å². The third-order valence-corrected chi connectivity index (χ3v) is 3.25. The summed E-state index contributed by atoms with van der Waals surface area (Å²) in [5, 5.41) is 3.34. The van der Waals surface area contributed by atoms with Gasteiger partial charge in [-0.3, -0.25) is 0 Å². The Morgan fingerprint density at radius 1 is 1.00 bits per heavy atom. The van der Waals surface area contributed by atoms with Crippen LogP contribution in [0.15, 0.2) is 42.5 Å². The first-order valence-electron chi connectivity index (χ1n) is 6.85. The van der Waals surface area contributed by atoms with Gasteiger partial charge in [0.1, 0.15) is 5.82 Å². The molecule has 0 bridgehead atoms. The van der Waals surface area contributed by atoms with Crippen LogP contribution in [0.5, 0.6) is 11.5 Å². The Kier molecular flexibility index (Phi) is 5.04. The van der Waals surface area contributed by atoms with Gasteiger partial charge in [0.25, 0.3) is 0 Å². The Labute approximate surface area is 124 Å². The van der Waals surface area contributed by atoms with Crippen molar-refractivity contribution in [3.8, 4) is 11.5 Å². The SMILES string of the molecule is COc1ccc(CC(C)Nc2ccc(F)cc2)cc1OC. The number of rotatable bonds is 6. The molecule has 0 aromatic heterocycles. The molecule has 0 aliphatic rings. The Hall–Kier alpha value is -2.23. The molecule has 4 heteroatoms. The van der Waals surface area contributed by atoms with Crippen LogP contribution in [-0.4, -0.2) is 20.3 Å². The van der Waals surface area contributed by atoms with E-state index in [1.807, 2.05) is 18.2 Å². The highest BCUT2D eigenvalue weighted by atomic mass is 19.1. The van der Waals surface area contributed by atoms with E-state index in [9.17, 15) is 4.39 Å². The highest BCUT2D eigenvalue weighted by Gasteiger charge is 2.08. The number of hydrogen-bond acceptors (Lipinski definition) is 3. The molecule has 1 atom stereocenters. The Morgan fingerprint density at radius 3 is 2.29 bits per heavy atom.